The van der Waals surface area contributed by atoms with E-state index in [1.54, 1.807) is 6.07 Å². The monoisotopic (exact) mass is 317 g/mol. The van der Waals surface area contributed by atoms with Gasteiger partial charge in [0.2, 0.25) is 0 Å². The van der Waals surface area contributed by atoms with Crippen LogP contribution >= 0.6 is 0 Å². The Bertz CT molecular complexity index is 586. The zero-order chi connectivity index (χ0) is 16.2. The van der Waals surface area contributed by atoms with Gasteiger partial charge in [-0.1, -0.05) is 6.07 Å². The average molecular weight is 317 g/mol. The van der Waals surface area contributed by atoms with Crippen LogP contribution in [0.3, 0.4) is 0 Å². The molecule has 2 saturated heterocycles. The first-order chi connectivity index (χ1) is 11.2. The highest BCUT2D eigenvalue weighted by atomic mass is 19.1. The molecule has 0 aromatic heterocycles. The predicted octanol–water partition coefficient (Wildman–Crippen LogP) is 2.12. The minimum absolute atomic E-state index is 0.239. The molecule has 2 fully saturated rings. The van der Waals surface area contributed by atoms with Gasteiger partial charge in [0.25, 0.3) is 0 Å². The van der Waals surface area contributed by atoms with Crippen LogP contribution in [0.2, 0.25) is 0 Å². The minimum atomic E-state index is -0.355. The Hall–Kier alpha value is -1.48. The number of halogens is 1. The molecule has 124 valence electrons. The van der Waals surface area contributed by atoms with Crippen molar-refractivity contribution >= 4 is 0 Å². The van der Waals surface area contributed by atoms with Gasteiger partial charge in [0, 0.05) is 25.2 Å². The maximum atomic E-state index is 13.3. The van der Waals surface area contributed by atoms with E-state index in [1.165, 1.54) is 12.1 Å². The molecule has 2 aliphatic rings. The third-order valence-electron chi connectivity index (χ3n) is 5.22. The Morgan fingerprint density at radius 2 is 1.91 bits per heavy atom. The first kappa shape index (κ1) is 16.4. The molecule has 23 heavy (non-hydrogen) atoms. The summed E-state index contributed by atoms with van der Waals surface area (Å²) in [5.74, 6) is -0.355. The van der Waals surface area contributed by atoms with Gasteiger partial charge in [0.1, 0.15) is 5.82 Å². The second-order valence-electron chi connectivity index (χ2n) is 6.65. The highest BCUT2D eigenvalue weighted by molar-refractivity contribution is 5.37. The van der Waals surface area contributed by atoms with Crippen LogP contribution in [0, 0.1) is 17.1 Å². The molecule has 2 aliphatic heterocycles. The number of aliphatic hydroxyl groups excluding tert-OH is 1. The van der Waals surface area contributed by atoms with Crippen LogP contribution in [-0.2, 0) is 6.54 Å². The van der Waals surface area contributed by atoms with Crippen molar-refractivity contribution in [3.05, 3.63) is 35.1 Å². The molecule has 0 bridgehead atoms. The van der Waals surface area contributed by atoms with Crippen molar-refractivity contribution in [1.29, 1.82) is 5.26 Å². The molecule has 1 N–H and O–H groups in total. The number of rotatable bonds is 5. The van der Waals surface area contributed by atoms with E-state index in [-0.39, 0.29) is 12.4 Å². The van der Waals surface area contributed by atoms with E-state index >= 15 is 0 Å². The normalized spacial score (nSPS) is 25.8. The minimum Gasteiger partial charge on any atom is -0.395 e. The van der Waals surface area contributed by atoms with Crippen molar-refractivity contribution in [2.75, 3.05) is 26.2 Å². The van der Waals surface area contributed by atoms with Gasteiger partial charge in [-0.25, -0.2) is 4.39 Å². The largest absolute Gasteiger partial charge is 0.395 e. The fourth-order valence-electron chi connectivity index (χ4n) is 3.93. The first-order valence-corrected chi connectivity index (χ1v) is 8.48. The Kier molecular flexibility index (Phi) is 5.27. The molecule has 0 spiro atoms. The zero-order valence-electron chi connectivity index (χ0n) is 13.4. The highest BCUT2D eigenvalue weighted by Gasteiger charge is 2.31. The Morgan fingerprint density at radius 1 is 1.17 bits per heavy atom. The average Bonchev–Trinajstić information content (AvgIpc) is 3.19. The third-order valence-corrected chi connectivity index (χ3v) is 5.22. The summed E-state index contributed by atoms with van der Waals surface area (Å²) in [5, 5.41) is 18.7. The summed E-state index contributed by atoms with van der Waals surface area (Å²) in [6.45, 7) is 4.00. The summed E-state index contributed by atoms with van der Waals surface area (Å²) in [7, 11) is 0. The molecule has 0 saturated carbocycles. The van der Waals surface area contributed by atoms with E-state index in [0.717, 1.165) is 50.9 Å². The van der Waals surface area contributed by atoms with Crippen molar-refractivity contribution in [2.45, 2.75) is 44.3 Å². The molecule has 2 heterocycles. The lowest BCUT2D eigenvalue weighted by Gasteiger charge is -2.31. The van der Waals surface area contributed by atoms with Gasteiger partial charge in [0.05, 0.1) is 18.2 Å². The van der Waals surface area contributed by atoms with E-state index < -0.39 is 0 Å². The standard InChI is InChI=1S/C18H24FN3O/c19-16-6-5-14(15(9-16)10-20)11-21-7-1-3-17(21)12-22-8-2-4-18(22)13-23/h5-6,9,17-18,23H,1-4,7-8,11-13H2. The lowest BCUT2D eigenvalue weighted by Crippen LogP contribution is -2.43. The van der Waals surface area contributed by atoms with E-state index in [0.29, 0.717) is 24.2 Å². The van der Waals surface area contributed by atoms with E-state index in [2.05, 4.69) is 15.9 Å². The molecule has 5 heteroatoms. The van der Waals surface area contributed by atoms with Crippen LogP contribution in [0.1, 0.15) is 36.8 Å². The summed E-state index contributed by atoms with van der Waals surface area (Å²) in [6.07, 6.45) is 4.55. The fraction of sp³-hybridized carbons (Fsp3) is 0.611. The molecular formula is C18H24FN3O. The number of hydrogen-bond donors (Lipinski definition) is 1. The Morgan fingerprint density at radius 3 is 2.65 bits per heavy atom. The quantitative estimate of drug-likeness (QED) is 0.904. The number of nitriles is 1. The Labute approximate surface area is 137 Å². The molecular weight excluding hydrogens is 293 g/mol. The number of benzene rings is 1. The van der Waals surface area contributed by atoms with Crippen molar-refractivity contribution < 1.29 is 9.50 Å². The van der Waals surface area contributed by atoms with Gasteiger partial charge < -0.3 is 5.11 Å². The van der Waals surface area contributed by atoms with E-state index in [1.807, 2.05) is 0 Å². The number of nitrogens with zero attached hydrogens (tertiary/aromatic N) is 3. The lowest BCUT2D eigenvalue weighted by atomic mass is 10.1. The Balaban J connectivity index is 1.66. The number of hydrogen-bond acceptors (Lipinski definition) is 4. The van der Waals surface area contributed by atoms with Gasteiger partial charge in [-0.15, -0.1) is 0 Å². The summed E-state index contributed by atoms with van der Waals surface area (Å²) in [6, 6.07) is 7.35. The van der Waals surface area contributed by atoms with Crippen LogP contribution in [-0.4, -0.2) is 53.2 Å². The second kappa shape index (κ2) is 7.39. The van der Waals surface area contributed by atoms with Crippen molar-refractivity contribution in [3.8, 4) is 6.07 Å². The fourth-order valence-corrected chi connectivity index (χ4v) is 3.93. The van der Waals surface area contributed by atoms with E-state index in [9.17, 15) is 14.8 Å². The molecule has 1 aromatic carbocycles. The van der Waals surface area contributed by atoms with Crippen molar-refractivity contribution in [3.63, 3.8) is 0 Å². The summed E-state index contributed by atoms with van der Waals surface area (Å²) in [5.41, 5.74) is 1.34. The molecule has 4 nitrogen and oxygen atoms in total. The molecule has 0 aliphatic carbocycles. The molecule has 0 radical (unpaired) electrons. The smallest absolute Gasteiger partial charge is 0.124 e. The number of aliphatic hydroxyl groups is 1. The summed E-state index contributed by atoms with van der Waals surface area (Å²) in [4.78, 5) is 4.81. The van der Waals surface area contributed by atoms with Crippen molar-refractivity contribution in [1.82, 2.24) is 9.80 Å². The van der Waals surface area contributed by atoms with Gasteiger partial charge in [-0.05, 0) is 56.5 Å². The topological polar surface area (TPSA) is 50.5 Å². The van der Waals surface area contributed by atoms with Crippen LogP contribution in [0.25, 0.3) is 0 Å². The third kappa shape index (κ3) is 3.72. The first-order valence-electron chi connectivity index (χ1n) is 8.48. The molecule has 3 rings (SSSR count). The maximum Gasteiger partial charge on any atom is 0.124 e. The van der Waals surface area contributed by atoms with Crippen LogP contribution < -0.4 is 0 Å². The molecule has 2 unspecified atom stereocenters. The highest BCUT2D eigenvalue weighted by Crippen LogP contribution is 2.25. The summed E-state index contributed by atoms with van der Waals surface area (Å²) < 4.78 is 13.3. The van der Waals surface area contributed by atoms with Gasteiger partial charge in [-0.3, -0.25) is 9.80 Å². The maximum absolute atomic E-state index is 13.3. The van der Waals surface area contributed by atoms with Gasteiger partial charge in [0.15, 0.2) is 0 Å². The zero-order valence-corrected chi connectivity index (χ0v) is 13.4. The van der Waals surface area contributed by atoms with Gasteiger partial charge >= 0.3 is 0 Å². The van der Waals surface area contributed by atoms with Gasteiger partial charge in [-0.2, -0.15) is 5.26 Å². The molecule has 1 aromatic rings. The van der Waals surface area contributed by atoms with Crippen LogP contribution in [0.15, 0.2) is 18.2 Å². The van der Waals surface area contributed by atoms with Crippen molar-refractivity contribution in [2.24, 2.45) is 0 Å². The summed E-state index contributed by atoms with van der Waals surface area (Å²) >= 11 is 0. The molecule has 2 atom stereocenters. The second-order valence-corrected chi connectivity index (χ2v) is 6.65. The SMILES string of the molecule is N#Cc1cc(F)ccc1CN1CCCC1CN1CCCC1CO. The van der Waals surface area contributed by atoms with E-state index in [4.69, 9.17) is 0 Å². The predicted molar refractivity (Wildman–Crippen MR) is 86.2 cm³/mol. The molecule has 0 amide bonds. The van der Waals surface area contributed by atoms with Crippen LogP contribution in [0.5, 0.6) is 0 Å². The number of likely N-dealkylation sites (tertiary alicyclic amines) is 2. The van der Waals surface area contributed by atoms with Crippen LogP contribution in [0.4, 0.5) is 4.39 Å². The lowest BCUT2D eigenvalue weighted by molar-refractivity contribution is 0.120.